The second-order valence-electron chi connectivity index (χ2n) is 7.28. The largest absolute Gasteiger partial charge is 0.326 e. The van der Waals surface area contributed by atoms with Crippen molar-refractivity contribution < 1.29 is 9.59 Å². The van der Waals surface area contributed by atoms with Crippen LogP contribution in [-0.4, -0.2) is 11.8 Å². The van der Waals surface area contributed by atoms with Gasteiger partial charge in [0.15, 0.2) is 0 Å². The summed E-state index contributed by atoms with van der Waals surface area (Å²) in [6, 6.07) is 16.0. The number of rotatable bonds is 4. The maximum atomic E-state index is 12.5. The highest BCUT2D eigenvalue weighted by Gasteiger charge is 2.26. The maximum Gasteiger partial charge on any atom is 0.227 e. The molecule has 1 saturated carbocycles. The molecule has 4 heteroatoms. The Morgan fingerprint density at radius 1 is 1.04 bits per heavy atom. The molecule has 0 radical (unpaired) electrons. The summed E-state index contributed by atoms with van der Waals surface area (Å²) in [6.45, 7) is 0.584. The van der Waals surface area contributed by atoms with E-state index >= 15 is 0 Å². The van der Waals surface area contributed by atoms with Crippen molar-refractivity contribution in [1.82, 2.24) is 0 Å². The third-order valence-electron chi connectivity index (χ3n) is 5.46. The smallest absolute Gasteiger partial charge is 0.227 e. The minimum Gasteiger partial charge on any atom is -0.326 e. The van der Waals surface area contributed by atoms with E-state index in [1.807, 2.05) is 53.4 Å². The standard InChI is InChI=1S/C22H24N2O2/c25-21-13-10-18-14-19(23-22(26)17-8-4-5-9-17)11-12-20(18)24(21)15-16-6-2-1-3-7-16/h1-3,6-7,11-12,14,17H,4-5,8-10,13,15H2,(H,23,26). The van der Waals surface area contributed by atoms with Crippen LogP contribution in [0, 0.1) is 5.92 Å². The zero-order valence-corrected chi connectivity index (χ0v) is 14.9. The summed E-state index contributed by atoms with van der Waals surface area (Å²) in [4.78, 5) is 26.7. The summed E-state index contributed by atoms with van der Waals surface area (Å²) < 4.78 is 0. The number of nitrogens with zero attached hydrogens (tertiary/aromatic N) is 1. The molecule has 0 aromatic heterocycles. The second-order valence-corrected chi connectivity index (χ2v) is 7.28. The molecule has 4 nitrogen and oxygen atoms in total. The molecule has 4 rings (SSSR count). The van der Waals surface area contributed by atoms with E-state index in [1.165, 1.54) is 0 Å². The van der Waals surface area contributed by atoms with Crippen molar-refractivity contribution >= 4 is 23.2 Å². The molecule has 26 heavy (non-hydrogen) atoms. The molecule has 1 aliphatic heterocycles. The average Bonchev–Trinajstić information content (AvgIpc) is 3.20. The van der Waals surface area contributed by atoms with Gasteiger partial charge in [0, 0.05) is 23.7 Å². The summed E-state index contributed by atoms with van der Waals surface area (Å²) in [7, 11) is 0. The molecule has 1 N–H and O–H groups in total. The van der Waals surface area contributed by atoms with Gasteiger partial charge >= 0.3 is 0 Å². The Labute approximate surface area is 154 Å². The minimum atomic E-state index is 0.135. The van der Waals surface area contributed by atoms with Gasteiger partial charge in [-0.05, 0) is 48.6 Å². The zero-order valence-electron chi connectivity index (χ0n) is 14.9. The highest BCUT2D eigenvalue weighted by atomic mass is 16.2. The molecule has 0 saturated heterocycles. The molecule has 2 aliphatic rings. The van der Waals surface area contributed by atoms with Gasteiger partial charge in [-0.15, -0.1) is 0 Å². The highest BCUT2D eigenvalue weighted by molar-refractivity contribution is 5.98. The number of benzene rings is 2. The first kappa shape index (κ1) is 16.8. The summed E-state index contributed by atoms with van der Waals surface area (Å²) in [6.07, 6.45) is 5.54. The molecular weight excluding hydrogens is 324 g/mol. The first-order chi connectivity index (χ1) is 12.7. The highest BCUT2D eigenvalue weighted by Crippen LogP contribution is 2.32. The van der Waals surface area contributed by atoms with Crippen molar-refractivity contribution in [2.75, 3.05) is 10.2 Å². The van der Waals surface area contributed by atoms with E-state index in [0.29, 0.717) is 13.0 Å². The van der Waals surface area contributed by atoms with Crippen molar-refractivity contribution in [2.45, 2.75) is 45.1 Å². The van der Waals surface area contributed by atoms with Crippen molar-refractivity contribution in [3.05, 3.63) is 59.7 Å². The number of hydrogen-bond donors (Lipinski definition) is 1. The molecule has 1 heterocycles. The van der Waals surface area contributed by atoms with Crippen molar-refractivity contribution in [3.8, 4) is 0 Å². The van der Waals surface area contributed by atoms with Crippen LogP contribution in [0.1, 0.15) is 43.2 Å². The number of anilines is 2. The maximum absolute atomic E-state index is 12.5. The van der Waals surface area contributed by atoms with Crippen molar-refractivity contribution in [1.29, 1.82) is 0 Å². The van der Waals surface area contributed by atoms with Gasteiger partial charge in [0.1, 0.15) is 0 Å². The van der Waals surface area contributed by atoms with E-state index in [2.05, 4.69) is 5.32 Å². The van der Waals surface area contributed by atoms with Gasteiger partial charge in [0.25, 0.3) is 0 Å². The first-order valence-electron chi connectivity index (χ1n) is 9.49. The predicted molar refractivity (Wildman–Crippen MR) is 103 cm³/mol. The van der Waals surface area contributed by atoms with Crippen LogP contribution in [0.3, 0.4) is 0 Å². The number of amides is 2. The summed E-state index contributed by atoms with van der Waals surface area (Å²) in [5.74, 6) is 0.446. The van der Waals surface area contributed by atoms with Gasteiger partial charge in [-0.1, -0.05) is 43.2 Å². The Morgan fingerprint density at radius 3 is 2.58 bits per heavy atom. The lowest BCUT2D eigenvalue weighted by molar-refractivity contribution is -0.120. The monoisotopic (exact) mass is 348 g/mol. The Kier molecular flexibility index (Phi) is 4.74. The molecule has 134 valence electrons. The van der Waals surface area contributed by atoms with Crippen LogP contribution in [0.5, 0.6) is 0 Å². The average molecular weight is 348 g/mol. The second kappa shape index (κ2) is 7.32. The number of fused-ring (bicyclic) bond motifs is 1. The fourth-order valence-corrected chi connectivity index (χ4v) is 4.01. The topological polar surface area (TPSA) is 49.4 Å². The third-order valence-corrected chi connectivity index (χ3v) is 5.46. The summed E-state index contributed by atoms with van der Waals surface area (Å²) in [5.41, 5.74) is 4.05. The van der Waals surface area contributed by atoms with Crippen molar-refractivity contribution in [2.24, 2.45) is 5.92 Å². The Morgan fingerprint density at radius 2 is 1.81 bits per heavy atom. The van der Waals surface area contributed by atoms with E-state index in [4.69, 9.17) is 0 Å². The van der Waals surface area contributed by atoms with Crippen LogP contribution in [0.4, 0.5) is 11.4 Å². The first-order valence-corrected chi connectivity index (χ1v) is 9.49. The van der Waals surface area contributed by atoms with Crippen LogP contribution in [0.15, 0.2) is 48.5 Å². The SMILES string of the molecule is O=C(Nc1ccc2c(c1)CCC(=O)N2Cc1ccccc1)C1CCCC1. The van der Waals surface area contributed by atoms with Gasteiger partial charge in [0.05, 0.1) is 6.54 Å². The number of hydrogen-bond acceptors (Lipinski definition) is 2. The van der Waals surface area contributed by atoms with Crippen LogP contribution >= 0.6 is 0 Å². The fraction of sp³-hybridized carbons (Fsp3) is 0.364. The number of nitrogens with one attached hydrogen (secondary N) is 1. The van der Waals surface area contributed by atoms with E-state index in [9.17, 15) is 9.59 Å². The third kappa shape index (κ3) is 3.50. The van der Waals surface area contributed by atoms with Crippen molar-refractivity contribution in [3.63, 3.8) is 0 Å². The van der Waals surface area contributed by atoms with E-state index in [-0.39, 0.29) is 17.7 Å². The Hall–Kier alpha value is -2.62. The number of carbonyl (C=O) groups is 2. The van der Waals surface area contributed by atoms with E-state index in [1.54, 1.807) is 0 Å². The Balaban J connectivity index is 1.53. The van der Waals surface area contributed by atoms with Crippen LogP contribution < -0.4 is 10.2 Å². The lowest BCUT2D eigenvalue weighted by Gasteiger charge is -2.30. The number of carbonyl (C=O) groups excluding carboxylic acids is 2. The molecule has 0 spiro atoms. The normalized spacial score (nSPS) is 17.2. The van der Waals surface area contributed by atoms with Crippen LogP contribution in [0.2, 0.25) is 0 Å². The van der Waals surface area contributed by atoms with Gasteiger partial charge in [-0.2, -0.15) is 0 Å². The molecule has 2 aromatic carbocycles. The zero-order chi connectivity index (χ0) is 17.9. The van der Waals surface area contributed by atoms with E-state index < -0.39 is 0 Å². The molecule has 0 atom stereocenters. The molecule has 2 amide bonds. The van der Waals surface area contributed by atoms with Gasteiger partial charge in [-0.25, -0.2) is 0 Å². The fourth-order valence-electron chi connectivity index (χ4n) is 4.01. The summed E-state index contributed by atoms with van der Waals surface area (Å²) in [5, 5.41) is 3.07. The quantitative estimate of drug-likeness (QED) is 0.896. The predicted octanol–water partition coefficient (Wildman–Crippen LogP) is 4.29. The summed E-state index contributed by atoms with van der Waals surface area (Å²) >= 11 is 0. The lowest BCUT2D eigenvalue weighted by Crippen LogP contribution is -2.34. The number of aryl methyl sites for hydroxylation is 1. The Bertz CT molecular complexity index is 810. The molecule has 1 fully saturated rings. The molecular formula is C22H24N2O2. The van der Waals surface area contributed by atoms with Gasteiger partial charge < -0.3 is 10.2 Å². The molecule has 1 aliphatic carbocycles. The molecule has 2 aromatic rings. The minimum absolute atomic E-state index is 0.135. The van der Waals surface area contributed by atoms with Gasteiger partial charge in [0.2, 0.25) is 11.8 Å². The molecule has 0 unspecified atom stereocenters. The van der Waals surface area contributed by atoms with E-state index in [0.717, 1.165) is 54.6 Å². The van der Waals surface area contributed by atoms with Crippen LogP contribution in [0.25, 0.3) is 0 Å². The molecule has 0 bridgehead atoms. The van der Waals surface area contributed by atoms with Crippen LogP contribution in [-0.2, 0) is 22.6 Å². The van der Waals surface area contributed by atoms with Gasteiger partial charge in [-0.3, -0.25) is 9.59 Å². The lowest BCUT2D eigenvalue weighted by atomic mass is 9.99.